The molecule has 224 valence electrons. The number of ether oxygens (including phenoxy) is 1. The topological polar surface area (TPSA) is 103 Å². The molecule has 8 nitrogen and oxygen atoms in total. The van der Waals surface area contributed by atoms with E-state index in [1.54, 1.807) is 4.90 Å². The van der Waals surface area contributed by atoms with Gasteiger partial charge in [-0.3, -0.25) is 9.59 Å². The molecule has 3 aliphatic rings. The van der Waals surface area contributed by atoms with Gasteiger partial charge in [0.05, 0.1) is 29.7 Å². The van der Waals surface area contributed by atoms with Crippen molar-refractivity contribution in [3.63, 3.8) is 0 Å². The lowest BCUT2D eigenvalue weighted by Gasteiger charge is -2.32. The molecule has 2 amide bonds. The maximum Gasteiger partial charge on any atom is 0.264 e. The first kappa shape index (κ1) is 29.9. The molecule has 3 aromatic carbocycles. The van der Waals surface area contributed by atoms with Crippen molar-refractivity contribution < 1.29 is 24.2 Å². The number of hydrogen-bond acceptors (Lipinski definition) is 6. The zero-order chi connectivity index (χ0) is 30.5. The number of hydrazone groups is 1. The van der Waals surface area contributed by atoms with Gasteiger partial charge in [0.1, 0.15) is 0 Å². The number of hydrogen-bond donors (Lipinski definition) is 2. The van der Waals surface area contributed by atoms with Crippen LogP contribution in [0.4, 0.5) is 11.4 Å². The predicted octanol–water partition coefficient (Wildman–Crippen LogP) is 5.71. The van der Waals surface area contributed by atoms with Gasteiger partial charge in [-0.15, -0.1) is 0 Å². The van der Waals surface area contributed by atoms with E-state index in [4.69, 9.17) is 9.84 Å². The van der Waals surface area contributed by atoms with Crippen molar-refractivity contribution in [1.29, 1.82) is 0 Å². The first-order valence-corrected chi connectivity index (χ1v) is 18.5. The number of benzene rings is 3. The molecule has 1 fully saturated rings. The highest BCUT2D eigenvalue weighted by molar-refractivity contribution is 9.10. The Hall–Kier alpha value is -3.15. The number of carbonyl (C=O) groups excluding carboxylic acids is 2. The van der Waals surface area contributed by atoms with Crippen molar-refractivity contribution in [2.45, 2.75) is 63.1 Å². The van der Waals surface area contributed by atoms with Crippen LogP contribution in [-0.2, 0) is 26.5 Å². The summed E-state index contributed by atoms with van der Waals surface area (Å²) in [6, 6.07) is 23.2. The van der Waals surface area contributed by atoms with Gasteiger partial charge in [0.25, 0.3) is 5.91 Å². The fourth-order valence-electron chi connectivity index (χ4n) is 7.16. The third-order valence-corrected chi connectivity index (χ3v) is 12.0. The Bertz CT molecular complexity index is 1590. The molecule has 3 aliphatic heterocycles. The van der Waals surface area contributed by atoms with E-state index < -0.39 is 20.0 Å². The minimum absolute atomic E-state index is 0.0758. The maximum atomic E-state index is 14.5. The Morgan fingerprint density at radius 1 is 1.05 bits per heavy atom. The second-order valence-corrected chi connectivity index (χ2v) is 17.1. The summed E-state index contributed by atoms with van der Waals surface area (Å²) in [6.07, 6.45) is 0.859. The molecule has 2 N–H and O–H groups in total. The number of aliphatic hydroxyl groups excluding tert-OH is 1. The van der Waals surface area contributed by atoms with Gasteiger partial charge in [0.2, 0.25) is 5.91 Å². The van der Waals surface area contributed by atoms with E-state index in [-0.39, 0.29) is 36.4 Å². The van der Waals surface area contributed by atoms with Crippen LogP contribution in [0.15, 0.2) is 82.4 Å². The molecule has 0 aliphatic carbocycles. The second kappa shape index (κ2) is 11.4. The molecule has 3 aromatic rings. The molecule has 3 heterocycles. The number of anilines is 2. The van der Waals surface area contributed by atoms with Crippen molar-refractivity contribution in [2.75, 3.05) is 16.5 Å². The van der Waals surface area contributed by atoms with Gasteiger partial charge in [-0.05, 0) is 61.0 Å². The van der Waals surface area contributed by atoms with Crippen molar-refractivity contribution in [1.82, 2.24) is 0 Å². The lowest BCUT2D eigenvalue weighted by atomic mass is 9.82. The number of aliphatic hydroxyl groups is 1. The first-order valence-electron chi connectivity index (χ1n) is 14.7. The highest BCUT2D eigenvalue weighted by Crippen LogP contribution is 2.60. The monoisotopic (exact) mass is 661 g/mol. The number of carbonyl (C=O) groups is 2. The van der Waals surface area contributed by atoms with Crippen LogP contribution in [0.3, 0.4) is 0 Å². The fourth-order valence-corrected chi connectivity index (χ4v) is 10.1. The molecule has 0 aromatic heterocycles. The molecular weight excluding hydrogens is 626 g/mol. The Morgan fingerprint density at radius 3 is 2.53 bits per heavy atom. The molecule has 4 atom stereocenters. The molecule has 6 rings (SSSR count). The summed E-state index contributed by atoms with van der Waals surface area (Å²) in [6.45, 7) is 5.92. The molecule has 1 spiro atoms. The summed E-state index contributed by atoms with van der Waals surface area (Å²) in [5.74, 6) is -0.557. The normalized spacial score (nSPS) is 25.4. The van der Waals surface area contributed by atoms with Crippen molar-refractivity contribution in [3.05, 3.63) is 94.0 Å². The lowest BCUT2D eigenvalue weighted by Crippen LogP contribution is -2.46. The number of rotatable bonds is 7. The average molecular weight is 663 g/mol. The van der Waals surface area contributed by atoms with E-state index >= 15 is 0 Å². The third kappa shape index (κ3) is 5.19. The largest absolute Gasteiger partial charge is 0.432 e. The molecule has 10 heteroatoms. The van der Waals surface area contributed by atoms with E-state index in [1.807, 2.05) is 92.8 Å². The van der Waals surface area contributed by atoms with Crippen molar-refractivity contribution >= 4 is 53.1 Å². The third-order valence-electron chi connectivity index (χ3n) is 8.99. The minimum atomic E-state index is -2.77. The summed E-state index contributed by atoms with van der Waals surface area (Å²) in [5.41, 5.74) is 3.35. The summed E-state index contributed by atoms with van der Waals surface area (Å²) in [7, 11) is -2.77. The van der Waals surface area contributed by atoms with Gasteiger partial charge < -0.3 is 19.5 Å². The molecule has 0 bridgehead atoms. The molecule has 43 heavy (non-hydrogen) atoms. The summed E-state index contributed by atoms with van der Waals surface area (Å²) in [4.78, 5) is 40.6. The Balaban J connectivity index is 1.35. The van der Waals surface area contributed by atoms with Gasteiger partial charge in [-0.1, -0.05) is 65.3 Å². The first-order chi connectivity index (χ1) is 20.5. The zero-order valence-electron chi connectivity index (χ0n) is 24.5. The smallest absolute Gasteiger partial charge is 0.264 e. The summed E-state index contributed by atoms with van der Waals surface area (Å²) in [5, 5.41) is 16.0. The molecule has 0 radical (unpaired) electrons. The SMILES string of the molecule is C[C@H]1[C@H]([Si](C)(C)O)[C@@H](CCO)O[C@]12C(=O)N(Cc1cccc(N3N=C(c4ccccc4)CCC3=O)c1)c1ccc(Br)cc12. The predicted molar refractivity (Wildman–Crippen MR) is 172 cm³/mol. The van der Waals surface area contributed by atoms with E-state index in [0.717, 1.165) is 32.6 Å². The van der Waals surface area contributed by atoms with Crippen molar-refractivity contribution in [3.8, 4) is 0 Å². The van der Waals surface area contributed by atoms with Crippen LogP contribution in [0.2, 0.25) is 18.6 Å². The van der Waals surface area contributed by atoms with Crippen molar-refractivity contribution in [2.24, 2.45) is 11.0 Å². The van der Waals surface area contributed by atoms with Crippen LogP contribution in [0.1, 0.15) is 42.9 Å². The molecule has 0 saturated carbocycles. The van der Waals surface area contributed by atoms with Crippen LogP contribution in [0.25, 0.3) is 0 Å². The number of fused-ring (bicyclic) bond motifs is 2. The van der Waals surface area contributed by atoms with Gasteiger partial charge in [-0.25, -0.2) is 5.01 Å². The summed E-state index contributed by atoms with van der Waals surface area (Å²) >= 11 is 3.59. The molecule has 0 unspecified atom stereocenters. The number of nitrogens with zero attached hydrogens (tertiary/aromatic N) is 3. The molecular formula is C33H36BrN3O5Si. The fraction of sp³-hybridized carbons (Fsp3) is 0.364. The quantitative estimate of drug-likeness (QED) is 0.316. The van der Waals surface area contributed by atoms with Crippen LogP contribution in [-0.4, -0.2) is 48.5 Å². The number of halogens is 1. The van der Waals surface area contributed by atoms with E-state index in [0.29, 0.717) is 24.9 Å². The van der Waals surface area contributed by atoms with Gasteiger partial charge in [0.15, 0.2) is 13.9 Å². The zero-order valence-corrected chi connectivity index (χ0v) is 27.1. The van der Waals surface area contributed by atoms with Gasteiger partial charge >= 0.3 is 0 Å². The Morgan fingerprint density at radius 2 is 1.81 bits per heavy atom. The van der Waals surface area contributed by atoms with Crippen LogP contribution in [0.5, 0.6) is 0 Å². The van der Waals surface area contributed by atoms with E-state index in [1.165, 1.54) is 5.01 Å². The maximum absolute atomic E-state index is 14.5. The summed E-state index contributed by atoms with van der Waals surface area (Å²) < 4.78 is 7.51. The second-order valence-electron chi connectivity index (χ2n) is 12.2. The van der Waals surface area contributed by atoms with E-state index in [2.05, 4.69) is 15.9 Å². The Kier molecular flexibility index (Phi) is 7.93. The van der Waals surface area contributed by atoms with Gasteiger partial charge in [0, 0.05) is 40.9 Å². The van der Waals surface area contributed by atoms with Crippen LogP contribution in [0, 0.1) is 5.92 Å². The number of amides is 2. The van der Waals surface area contributed by atoms with E-state index in [9.17, 15) is 19.5 Å². The highest BCUT2D eigenvalue weighted by atomic mass is 79.9. The standard InChI is InChI=1S/C33H36BrN3O5Si/c1-21-31(43(2,3)41)29(16-17-38)42-33(21)26-19-24(34)12-14-28(26)36(32(33)40)20-22-8-7-11-25(18-22)37-30(39)15-13-27(35-37)23-9-5-4-6-10-23/h4-12,14,18-19,21,29,31,38,41H,13,15-17,20H2,1-3H3/t21-,29+,31-,33+/m0/s1. The average Bonchev–Trinajstić information content (AvgIpc) is 3.40. The highest BCUT2D eigenvalue weighted by Gasteiger charge is 2.66. The lowest BCUT2D eigenvalue weighted by molar-refractivity contribution is -0.146. The van der Waals surface area contributed by atoms with Crippen LogP contribution < -0.4 is 9.91 Å². The minimum Gasteiger partial charge on any atom is -0.432 e. The van der Waals surface area contributed by atoms with Gasteiger partial charge in [-0.2, -0.15) is 5.10 Å². The molecule has 1 saturated heterocycles. The Labute approximate surface area is 261 Å². The van der Waals surface area contributed by atoms with Crippen LogP contribution >= 0.6 is 15.9 Å².